The Morgan fingerprint density at radius 1 is 1.12 bits per heavy atom. The van der Waals surface area contributed by atoms with Gasteiger partial charge in [-0.15, -0.1) is 0 Å². The molecule has 0 aromatic carbocycles. The molecule has 132 valence electrons. The highest BCUT2D eigenvalue weighted by Gasteiger charge is 2.32. The molecule has 24 heavy (non-hydrogen) atoms. The molecule has 5 nitrogen and oxygen atoms in total. The molecule has 3 heterocycles. The van der Waals surface area contributed by atoms with Crippen LogP contribution in [0.1, 0.15) is 18.4 Å². The molecule has 0 saturated carbocycles. The third kappa shape index (κ3) is 3.80. The van der Waals surface area contributed by atoms with Gasteiger partial charge in [0.1, 0.15) is 5.82 Å². The Labute approximate surface area is 138 Å². The Kier molecular flexibility index (Phi) is 4.93. The molecule has 8 heteroatoms. The lowest BCUT2D eigenvalue weighted by Crippen LogP contribution is -2.51. The summed E-state index contributed by atoms with van der Waals surface area (Å²) in [6.07, 6.45) is -1.99. The zero-order chi connectivity index (χ0) is 17.2. The number of hydrogen-bond acceptors (Lipinski definition) is 4. The molecule has 0 N–H and O–H groups in total. The zero-order valence-electron chi connectivity index (χ0n) is 13.3. The Morgan fingerprint density at radius 3 is 2.33 bits per heavy atom. The largest absolute Gasteiger partial charge is 0.417 e. The van der Waals surface area contributed by atoms with Crippen LogP contribution < -0.4 is 4.90 Å². The van der Waals surface area contributed by atoms with E-state index in [0.29, 0.717) is 45.2 Å². The van der Waals surface area contributed by atoms with Gasteiger partial charge in [-0.05, 0) is 25.0 Å². The van der Waals surface area contributed by atoms with Gasteiger partial charge in [-0.3, -0.25) is 4.79 Å². The third-order valence-corrected chi connectivity index (χ3v) is 4.56. The number of nitrogens with zero attached hydrogens (tertiary/aromatic N) is 3. The van der Waals surface area contributed by atoms with Crippen molar-refractivity contribution in [1.29, 1.82) is 0 Å². The summed E-state index contributed by atoms with van der Waals surface area (Å²) in [6, 6.07) is 2.43. The molecule has 1 amide bonds. The van der Waals surface area contributed by atoms with Gasteiger partial charge in [0, 0.05) is 51.5 Å². The van der Waals surface area contributed by atoms with Crippen LogP contribution in [0.25, 0.3) is 0 Å². The van der Waals surface area contributed by atoms with Gasteiger partial charge < -0.3 is 14.5 Å². The van der Waals surface area contributed by atoms with E-state index in [9.17, 15) is 18.0 Å². The van der Waals surface area contributed by atoms with Crippen LogP contribution in [0.15, 0.2) is 18.3 Å². The quantitative estimate of drug-likeness (QED) is 0.826. The number of amides is 1. The van der Waals surface area contributed by atoms with E-state index in [1.165, 1.54) is 6.07 Å². The highest BCUT2D eigenvalue weighted by Crippen LogP contribution is 2.29. The van der Waals surface area contributed by atoms with E-state index in [1.807, 2.05) is 9.80 Å². The lowest BCUT2D eigenvalue weighted by molar-refractivity contribution is -0.139. The molecule has 1 aromatic rings. The number of aromatic nitrogens is 1. The fourth-order valence-electron chi connectivity index (χ4n) is 3.10. The van der Waals surface area contributed by atoms with Crippen LogP contribution in [0.2, 0.25) is 0 Å². The van der Waals surface area contributed by atoms with E-state index in [2.05, 4.69) is 4.98 Å². The summed E-state index contributed by atoms with van der Waals surface area (Å²) >= 11 is 0. The first-order valence-electron chi connectivity index (χ1n) is 8.10. The van der Waals surface area contributed by atoms with Crippen molar-refractivity contribution in [3.05, 3.63) is 23.9 Å². The van der Waals surface area contributed by atoms with Crippen molar-refractivity contribution >= 4 is 11.7 Å². The zero-order valence-corrected chi connectivity index (χ0v) is 13.3. The Balaban J connectivity index is 1.55. The summed E-state index contributed by atoms with van der Waals surface area (Å²) < 4.78 is 43.0. The maximum Gasteiger partial charge on any atom is 0.417 e. The van der Waals surface area contributed by atoms with Crippen molar-refractivity contribution in [2.24, 2.45) is 5.92 Å². The van der Waals surface area contributed by atoms with Crippen molar-refractivity contribution in [1.82, 2.24) is 9.88 Å². The average molecular weight is 343 g/mol. The van der Waals surface area contributed by atoms with Crippen LogP contribution in [-0.4, -0.2) is 55.2 Å². The summed E-state index contributed by atoms with van der Waals surface area (Å²) in [5, 5.41) is 0. The van der Waals surface area contributed by atoms with E-state index < -0.39 is 11.7 Å². The summed E-state index contributed by atoms with van der Waals surface area (Å²) in [6.45, 7) is 3.55. The van der Waals surface area contributed by atoms with Crippen LogP contribution in [0.3, 0.4) is 0 Å². The smallest absolute Gasteiger partial charge is 0.381 e. The summed E-state index contributed by atoms with van der Waals surface area (Å²) in [4.78, 5) is 20.1. The highest BCUT2D eigenvalue weighted by molar-refractivity contribution is 5.79. The molecule has 0 atom stereocenters. The van der Waals surface area contributed by atoms with Gasteiger partial charge in [0.05, 0.1) is 5.56 Å². The first-order chi connectivity index (χ1) is 11.4. The van der Waals surface area contributed by atoms with Crippen molar-refractivity contribution in [3.63, 3.8) is 0 Å². The van der Waals surface area contributed by atoms with Crippen molar-refractivity contribution in [2.45, 2.75) is 19.0 Å². The number of hydrogen-bond donors (Lipinski definition) is 0. The lowest BCUT2D eigenvalue weighted by Gasteiger charge is -2.37. The fourth-order valence-corrected chi connectivity index (χ4v) is 3.10. The summed E-state index contributed by atoms with van der Waals surface area (Å²) in [5.74, 6) is 0.717. The molecule has 2 fully saturated rings. The minimum atomic E-state index is -4.37. The van der Waals surface area contributed by atoms with Crippen molar-refractivity contribution < 1.29 is 22.7 Å². The number of rotatable bonds is 2. The van der Waals surface area contributed by atoms with Crippen LogP contribution in [0.4, 0.5) is 19.0 Å². The minimum Gasteiger partial charge on any atom is -0.381 e. The SMILES string of the molecule is O=C(C1CCOCC1)N1CCN(c2ccc(C(F)(F)F)cn2)CC1. The Bertz CT molecular complexity index is 563. The second-order valence-electron chi connectivity index (χ2n) is 6.10. The van der Waals surface area contributed by atoms with Gasteiger partial charge in [0.2, 0.25) is 5.91 Å². The molecule has 0 aliphatic carbocycles. The molecule has 3 rings (SSSR count). The second kappa shape index (κ2) is 6.96. The van der Waals surface area contributed by atoms with Gasteiger partial charge >= 0.3 is 6.18 Å². The van der Waals surface area contributed by atoms with Gasteiger partial charge in [-0.2, -0.15) is 13.2 Å². The van der Waals surface area contributed by atoms with Crippen molar-refractivity contribution in [2.75, 3.05) is 44.3 Å². The number of ether oxygens (including phenoxy) is 1. The number of piperazine rings is 1. The number of alkyl halides is 3. The summed E-state index contributed by atoms with van der Waals surface area (Å²) in [5.41, 5.74) is -0.750. The molecule has 1 aromatic heterocycles. The molecule has 2 saturated heterocycles. The third-order valence-electron chi connectivity index (χ3n) is 4.56. The molecule has 0 spiro atoms. The molecule has 0 bridgehead atoms. The maximum absolute atomic E-state index is 12.6. The van der Waals surface area contributed by atoms with Crippen molar-refractivity contribution in [3.8, 4) is 0 Å². The van der Waals surface area contributed by atoms with Crippen LogP contribution in [0, 0.1) is 5.92 Å². The number of carbonyl (C=O) groups is 1. The van der Waals surface area contributed by atoms with Gasteiger partial charge in [-0.1, -0.05) is 0 Å². The monoisotopic (exact) mass is 343 g/mol. The number of anilines is 1. The maximum atomic E-state index is 12.6. The lowest BCUT2D eigenvalue weighted by atomic mass is 9.98. The molecular weight excluding hydrogens is 323 g/mol. The summed E-state index contributed by atoms with van der Waals surface area (Å²) in [7, 11) is 0. The predicted octanol–water partition coefficient (Wildman–Crippen LogP) is 2.18. The standard InChI is InChI=1S/C16H20F3N3O2/c17-16(18,19)13-1-2-14(20-11-13)21-5-7-22(8-6-21)15(23)12-3-9-24-10-4-12/h1-2,11-12H,3-10H2. The minimum absolute atomic E-state index is 0.0366. The van der Waals surface area contributed by atoms with Gasteiger partial charge in [-0.25, -0.2) is 4.98 Å². The normalized spacial score (nSPS) is 20.3. The highest BCUT2D eigenvalue weighted by atomic mass is 19.4. The number of halogens is 3. The van der Waals surface area contributed by atoms with E-state index in [-0.39, 0.29) is 11.8 Å². The van der Waals surface area contributed by atoms with Gasteiger partial charge in [0.15, 0.2) is 0 Å². The fraction of sp³-hybridized carbons (Fsp3) is 0.625. The van der Waals surface area contributed by atoms with E-state index in [4.69, 9.17) is 4.74 Å². The average Bonchev–Trinajstić information content (AvgIpc) is 2.61. The van der Waals surface area contributed by atoms with E-state index in [0.717, 1.165) is 25.1 Å². The number of pyridine rings is 1. The van der Waals surface area contributed by atoms with Crippen LogP contribution in [-0.2, 0) is 15.7 Å². The molecule has 0 radical (unpaired) electrons. The molecule has 2 aliphatic heterocycles. The molecule has 2 aliphatic rings. The Hall–Kier alpha value is -1.83. The predicted molar refractivity (Wildman–Crippen MR) is 81.6 cm³/mol. The van der Waals surface area contributed by atoms with Crippen LogP contribution in [0.5, 0.6) is 0 Å². The second-order valence-corrected chi connectivity index (χ2v) is 6.10. The molecular formula is C16H20F3N3O2. The topological polar surface area (TPSA) is 45.7 Å². The first kappa shape index (κ1) is 17.0. The van der Waals surface area contributed by atoms with E-state index >= 15 is 0 Å². The number of carbonyl (C=O) groups excluding carboxylic acids is 1. The van der Waals surface area contributed by atoms with Crippen LogP contribution >= 0.6 is 0 Å². The van der Waals surface area contributed by atoms with E-state index in [1.54, 1.807) is 0 Å². The Morgan fingerprint density at radius 2 is 1.79 bits per heavy atom. The first-order valence-corrected chi connectivity index (χ1v) is 8.10. The molecule has 0 unspecified atom stereocenters. The van der Waals surface area contributed by atoms with Gasteiger partial charge in [0.25, 0.3) is 0 Å².